The van der Waals surface area contributed by atoms with E-state index >= 15 is 0 Å². The van der Waals surface area contributed by atoms with Crippen molar-refractivity contribution < 1.29 is 0 Å². The van der Waals surface area contributed by atoms with E-state index in [9.17, 15) is 0 Å². The molecule has 1 rings (SSSR count). The van der Waals surface area contributed by atoms with E-state index in [-0.39, 0.29) is 5.54 Å². The van der Waals surface area contributed by atoms with E-state index in [0.717, 1.165) is 18.5 Å². The van der Waals surface area contributed by atoms with E-state index in [2.05, 4.69) is 50.3 Å². The van der Waals surface area contributed by atoms with Crippen LogP contribution in [0.3, 0.4) is 0 Å². The third-order valence-corrected chi connectivity index (χ3v) is 3.96. The number of nitrogens with zero attached hydrogens (tertiary/aromatic N) is 1. The van der Waals surface area contributed by atoms with Crippen molar-refractivity contribution in [1.29, 1.82) is 0 Å². The molecule has 1 aromatic rings. The first-order valence-electron chi connectivity index (χ1n) is 5.74. The van der Waals surface area contributed by atoms with Crippen LogP contribution >= 0.6 is 11.3 Å². The summed E-state index contributed by atoms with van der Waals surface area (Å²) in [7, 11) is 0. The summed E-state index contributed by atoms with van der Waals surface area (Å²) in [6.45, 7) is 10.9. The SMILES string of the molecule is CCC(CC)(NC(C)C)c1nc(C)cs1. The minimum absolute atomic E-state index is 0.0765. The second-order valence-electron chi connectivity index (χ2n) is 4.38. The van der Waals surface area contributed by atoms with Gasteiger partial charge in [0, 0.05) is 17.1 Å². The lowest BCUT2D eigenvalue weighted by Gasteiger charge is -2.33. The molecule has 0 aliphatic carbocycles. The van der Waals surface area contributed by atoms with Crippen molar-refractivity contribution in [3.05, 3.63) is 16.1 Å². The molecule has 1 N–H and O–H groups in total. The fourth-order valence-corrected chi connectivity index (χ4v) is 3.05. The molecule has 2 nitrogen and oxygen atoms in total. The molecule has 0 spiro atoms. The van der Waals surface area contributed by atoms with Crippen molar-refractivity contribution in [2.24, 2.45) is 0 Å². The zero-order valence-corrected chi connectivity index (χ0v) is 11.2. The standard InChI is InChI=1S/C12H22N2S/c1-6-12(7-2,14-9(3)4)11-13-10(5)8-15-11/h8-9,14H,6-7H2,1-5H3. The van der Waals surface area contributed by atoms with Gasteiger partial charge in [0.2, 0.25) is 0 Å². The maximum Gasteiger partial charge on any atom is 0.113 e. The average molecular weight is 226 g/mol. The smallest absolute Gasteiger partial charge is 0.113 e. The lowest BCUT2D eigenvalue weighted by atomic mass is 9.92. The minimum atomic E-state index is 0.0765. The van der Waals surface area contributed by atoms with Crippen LogP contribution < -0.4 is 5.32 Å². The number of rotatable bonds is 5. The highest BCUT2D eigenvalue weighted by Gasteiger charge is 2.31. The van der Waals surface area contributed by atoms with Crippen LogP contribution in [0.2, 0.25) is 0 Å². The van der Waals surface area contributed by atoms with Crippen molar-refractivity contribution in [3.63, 3.8) is 0 Å². The van der Waals surface area contributed by atoms with Gasteiger partial charge in [0.1, 0.15) is 5.01 Å². The van der Waals surface area contributed by atoms with Crippen LogP contribution in [0, 0.1) is 6.92 Å². The zero-order chi connectivity index (χ0) is 11.5. The van der Waals surface area contributed by atoms with Crippen LogP contribution in [0.5, 0.6) is 0 Å². The normalized spacial score (nSPS) is 12.4. The Labute approximate surface area is 97.1 Å². The Morgan fingerprint density at radius 2 is 2.00 bits per heavy atom. The van der Waals surface area contributed by atoms with Gasteiger partial charge in [0.25, 0.3) is 0 Å². The molecule has 0 radical (unpaired) electrons. The quantitative estimate of drug-likeness (QED) is 0.831. The van der Waals surface area contributed by atoms with Gasteiger partial charge in [-0.05, 0) is 33.6 Å². The van der Waals surface area contributed by atoms with Crippen molar-refractivity contribution in [2.45, 2.75) is 59.0 Å². The van der Waals surface area contributed by atoms with E-state index in [0.29, 0.717) is 6.04 Å². The summed E-state index contributed by atoms with van der Waals surface area (Å²) < 4.78 is 0. The van der Waals surface area contributed by atoms with Gasteiger partial charge in [-0.3, -0.25) is 0 Å². The molecule has 0 saturated carbocycles. The number of hydrogen-bond donors (Lipinski definition) is 1. The molecule has 86 valence electrons. The fraction of sp³-hybridized carbons (Fsp3) is 0.750. The highest BCUT2D eigenvalue weighted by molar-refractivity contribution is 7.09. The number of thiazole rings is 1. The summed E-state index contributed by atoms with van der Waals surface area (Å²) >= 11 is 1.77. The molecule has 0 aliphatic heterocycles. The maximum atomic E-state index is 4.63. The fourth-order valence-electron chi connectivity index (χ4n) is 1.94. The number of hydrogen-bond acceptors (Lipinski definition) is 3. The van der Waals surface area contributed by atoms with Crippen molar-refractivity contribution >= 4 is 11.3 Å². The maximum absolute atomic E-state index is 4.63. The van der Waals surface area contributed by atoms with Crippen molar-refractivity contribution in [3.8, 4) is 0 Å². The first kappa shape index (κ1) is 12.7. The summed E-state index contributed by atoms with van der Waals surface area (Å²) in [5.41, 5.74) is 1.21. The van der Waals surface area contributed by atoms with Gasteiger partial charge in [-0.25, -0.2) is 4.98 Å². The molecular formula is C12H22N2S. The third kappa shape index (κ3) is 2.79. The first-order chi connectivity index (χ1) is 7.04. The summed E-state index contributed by atoms with van der Waals surface area (Å²) in [4.78, 5) is 4.63. The Hall–Kier alpha value is -0.410. The topological polar surface area (TPSA) is 24.9 Å². The van der Waals surface area contributed by atoms with E-state index in [1.807, 2.05) is 0 Å². The van der Waals surface area contributed by atoms with Gasteiger partial charge in [-0.1, -0.05) is 13.8 Å². The molecule has 3 heteroatoms. The number of aryl methyl sites for hydroxylation is 1. The van der Waals surface area contributed by atoms with Crippen LogP contribution in [0.4, 0.5) is 0 Å². The largest absolute Gasteiger partial charge is 0.303 e. The second-order valence-corrected chi connectivity index (χ2v) is 5.24. The monoisotopic (exact) mass is 226 g/mol. The van der Waals surface area contributed by atoms with Gasteiger partial charge in [-0.15, -0.1) is 11.3 Å². The Bertz CT molecular complexity index is 300. The van der Waals surface area contributed by atoms with E-state index in [1.54, 1.807) is 11.3 Å². The molecule has 0 amide bonds. The molecule has 0 aromatic carbocycles. The van der Waals surface area contributed by atoms with Gasteiger partial charge in [0.15, 0.2) is 0 Å². The van der Waals surface area contributed by atoms with E-state index in [1.165, 1.54) is 5.01 Å². The Kier molecular flexibility index (Phi) is 4.29. The molecule has 1 aromatic heterocycles. The molecule has 0 unspecified atom stereocenters. The summed E-state index contributed by atoms with van der Waals surface area (Å²) in [6, 6.07) is 0.495. The Morgan fingerprint density at radius 3 is 2.33 bits per heavy atom. The van der Waals surface area contributed by atoms with Crippen molar-refractivity contribution in [1.82, 2.24) is 10.3 Å². The van der Waals surface area contributed by atoms with Crippen LogP contribution in [0.1, 0.15) is 51.2 Å². The van der Waals surface area contributed by atoms with Crippen LogP contribution in [0.15, 0.2) is 5.38 Å². The average Bonchev–Trinajstić information content (AvgIpc) is 2.61. The number of aromatic nitrogens is 1. The highest BCUT2D eigenvalue weighted by atomic mass is 32.1. The molecule has 0 saturated heterocycles. The van der Waals surface area contributed by atoms with E-state index in [4.69, 9.17) is 0 Å². The van der Waals surface area contributed by atoms with Crippen LogP contribution in [-0.4, -0.2) is 11.0 Å². The Balaban J connectivity index is 2.99. The third-order valence-electron chi connectivity index (χ3n) is 2.80. The van der Waals surface area contributed by atoms with Gasteiger partial charge < -0.3 is 5.32 Å². The molecular weight excluding hydrogens is 204 g/mol. The molecule has 0 fully saturated rings. The lowest BCUT2D eigenvalue weighted by Crippen LogP contribution is -2.45. The molecule has 15 heavy (non-hydrogen) atoms. The summed E-state index contributed by atoms with van der Waals surface area (Å²) in [5, 5.41) is 7.04. The molecule has 0 bridgehead atoms. The molecule has 1 heterocycles. The predicted octanol–water partition coefficient (Wildman–Crippen LogP) is 3.46. The second kappa shape index (κ2) is 5.08. The zero-order valence-electron chi connectivity index (χ0n) is 10.4. The predicted molar refractivity (Wildman–Crippen MR) is 67.4 cm³/mol. The lowest BCUT2D eigenvalue weighted by molar-refractivity contribution is 0.282. The van der Waals surface area contributed by atoms with Gasteiger partial charge in [0.05, 0.1) is 5.54 Å². The van der Waals surface area contributed by atoms with Crippen molar-refractivity contribution in [2.75, 3.05) is 0 Å². The number of nitrogens with one attached hydrogen (secondary N) is 1. The van der Waals surface area contributed by atoms with Crippen LogP contribution in [0.25, 0.3) is 0 Å². The highest BCUT2D eigenvalue weighted by Crippen LogP contribution is 2.31. The van der Waals surface area contributed by atoms with Crippen LogP contribution in [-0.2, 0) is 5.54 Å². The molecule has 0 atom stereocenters. The van der Waals surface area contributed by atoms with Gasteiger partial charge >= 0.3 is 0 Å². The van der Waals surface area contributed by atoms with Gasteiger partial charge in [-0.2, -0.15) is 0 Å². The Morgan fingerprint density at radius 1 is 1.40 bits per heavy atom. The van der Waals surface area contributed by atoms with E-state index < -0.39 is 0 Å². The summed E-state index contributed by atoms with van der Waals surface area (Å²) in [6.07, 6.45) is 2.18. The first-order valence-corrected chi connectivity index (χ1v) is 6.62. The molecule has 0 aliphatic rings. The minimum Gasteiger partial charge on any atom is -0.303 e. The summed E-state index contributed by atoms with van der Waals surface area (Å²) in [5.74, 6) is 0.